The van der Waals surface area contributed by atoms with E-state index in [1.54, 1.807) is 6.82 Å². The second-order valence-corrected chi connectivity index (χ2v) is 4.15. The topological polar surface area (TPSA) is 69.6 Å². The SMILES string of the molecule is CB(O)NC[C@H]1CCCC(C(=O)O)C1. The Hall–Kier alpha value is -0.545. The first kappa shape index (κ1) is 11.5. The molecular weight excluding hydrogens is 181 g/mol. The molecule has 0 aromatic carbocycles. The fraction of sp³-hybridized carbons (Fsp3) is 0.889. The van der Waals surface area contributed by atoms with Crippen molar-refractivity contribution in [3.63, 3.8) is 0 Å². The van der Waals surface area contributed by atoms with Gasteiger partial charge >= 0.3 is 13.0 Å². The van der Waals surface area contributed by atoms with Gasteiger partial charge in [-0.2, -0.15) is 0 Å². The van der Waals surface area contributed by atoms with Crippen LogP contribution in [0.5, 0.6) is 0 Å². The van der Waals surface area contributed by atoms with Gasteiger partial charge in [-0.05, 0) is 38.5 Å². The van der Waals surface area contributed by atoms with Crippen molar-refractivity contribution < 1.29 is 14.9 Å². The molecule has 0 saturated heterocycles. The Bertz CT molecular complexity index is 198. The van der Waals surface area contributed by atoms with Crippen LogP contribution >= 0.6 is 0 Å². The van der Waals surface area contributed by atoms with Crippen LogP contribution in [0.25, 0.3) is 0 Å². The Morgan fingerprint density at radius 2 is 2.29 bits per heavy atom. The minimum Gasteiger partial charge on any atom is -0.481 e. The maximum absolute atomic E-state index is 10.8. The third kappa shape index (κ3) is 3.68. The molecule has 1 saturated carbocycles. The zero-order valence-corrected chi connectivity index (χ0v) is 8.57. The summed E-state index contributed by atoms with van der Waals surface area (Å²) in [6, 6.07) is 0. The second-order valence-electron chi connectivity index (χ2n) is 4.15. The van der Waals surface area contributed by atoms with Crippen LogP contribution in [0, 0.1) is 11.8 Å². The third-order valence-electron chi connectivity index (χ3n) is 2.83. The van der Waals surface area contributed by atoms with Crippen molar-refractivity contribution in [2.75, 3.05) is 6.54 Å². The highest BCUT2D eigenvalue weighted by Crippen LogP contribution is 2.28. The highest BCUT2D eigenvalue weighted by Gasteiger charge is 2.26. The van der Waals surface area contributed by atoms with E-state index < -0.39 is 13.0 Å². The van der Waals surface area contributed by atoms with E-state index in [9.17, 15) is 4.79 Å². The fourth-order valence-corrected chi connectivity index (χ4v) is 2.04. The van der Waals surface area contributed by atoms with Gasteiger partial charge in [0.1, 0.15) is 0 Å². The lowest BCUT2D eigenvalue weighted by Crippen LogP contribution is -2.37. The monoisotopic (exact) mass is 199 g/mol. The molecule has 1 aliphatic rings. The van der Waals surface area contributed by atoms with Gasteiger partial charge in [-0.25, -0.2) is 0 Å². The Morgan fingerprint density at radius 1 is 1.57 bits per heavy atom. The van der Waals surface area contributed by atoms with Gasteiger partial charge in [-0.3, -0.25) is 4.79 Å². The number of hydrogen-bond acceptors (Lipinski definition) is 3. The smallest absolute Gasteiger partial charge is 0.373 e. The van der Waals surface area contributed by atoms with Gasteiger partial charge in [0.2, 0.25) is 0 Å². The average Bonchev–Trinajstić information content (AvgIpc) is 2.15. The van der Waals surface area contributed by atoms with E-state index in [0.29, 0.717) is 5.92 Å². The summed E-state index contributed by atoms with van der Waals surface area (Å²) in [4.78, 5) is 10.8. The van der Waals surface area contributed by atoms with Crippen LogP contribution in [0.1, 0.15) is 25.7 Å². The molecule has 1 fully saturated rings. The van der Waals surface area contributed by atoms with Crippen LogP contribution in [0.3, 0.4) is 0 Å². The molecule has 0 amide bonds. The molecule has 5 heteroatoms. The van der Waals surface area contributed by atoms with Crippen LogP contribution in [0.2, 0.25) is 6.82 Å². The lowest BCUT2D eigenvalue weighted by Gasteiger charge is -2.26. The maximum atomic E-state index is 10.8. The molecule has 0 radical (unpaired) electrons. The third-order valence-corrected chi connectivity index (χ3v) is 2.83. The van der Waals surface area contributed by atoms with E-state index in [1.807, 2.05) is 0 Å². The summed E-state index contributed by atoms with van der Waals surface area (Å²) in [5, 5.41) is 20.8. The minimum absolute atomic E-state index is 0.176. The molecule has 2 atom stereocenters. The standard InChI is InChI=1S/C9H18BNO3/c1-10(14)11-6-7-3-2-4-8(5-7)9(12)13/h7-8,11,14H,2-6H2,1H3,(H,12,13)/t7-,8?/m0/s1. The van der Waals surface area contributed by atoms with Crippen molar-refractivity contribution in [3.05, 3.63) is 0 Å². The molecule has 0 spiro atoms. The van der Waals surface area contributed by atoms with Crippen molar-refractivity contribution >= 4 is 13.0 Å². The maximum Gasteiger partial charge on any atom is 0.373 e. The Balaban J connectivity index is 2.29. The molecule has 3 N–H and O–H groups in total. The largest absolute Gasteiger partial charge is 0.481 e. The van der Waals surface area contributed by atoms with Gasteiger partial charge in [0.15, 0.2) is 0 Å². The molecule has 14 heavy (non-hydrogen) atoms. The molecule has 0 bridgehead atoms. The van der Waals surface area contributed by atoms with Crippen LogP contribution in [-0.2, 0) is 4.79 Å². The van der Waals surface area contributed by atoms with Gasteiger partial charge in [0, 0.05) is 0 Å². The summed E-state index contributed by atoms with van der Waals surface area (Å²) in [5.41, 5.74) is 0. The zero-order chi connectivity index (χ0) is 10.6. The first-order valence-corrected chi connectivity index (χ1v) is 5.24. The van der Waals surface area contributed by atoms with Gasteiger partial charge in [-0.15, -0.1) is 0 Å². The summed E-state index contributed by atoms with van der Waals surface area (Å²) >= 11 is 0. The highest BCUT2D eigenvalue weighted by atomic mass is 16.4. The molecule has 80 valence electrons. The number of hydrogen-bond donors (Lipinski definition) is 3. The molecule has 1 unspecified atom stereocenters. The summed E-state index contributed by atoms with van der Waals surface area (Å²) in [6.07, 6.45) is 3.61. The van der Waals surface area contributed by atoms with E-state index in [2.05, 4.69) is 5.23 Å². The van der Waals surface area contributed by atoms with Gasteiger partial charge in [0.05, 0.1) is 5.92 Å². The molecule has 0 aromatic heterocycles. The summed E-state index contributed by atoms with van der Waals surface area (Å²) in [7, 11) is -0.500. The van der Waals surface area contributed by atoms with E-state index in [1.165, 1.54) is 0 Å². The molecule has 0 aromatic rings. The van der Waals surface area contributed by atoms with E-state index >= 15 is 0 Å². The summed E-state index contributed by atoms with van der Waals surface area (Å²) < 4.78 is 0. The molecule has 1 aliphatic carbocycles. The van der Waals surface area contributed by atoms with Gasteiger partial charge in [-0.1, -0.05) is 6.42 Å². The highest BCUT2D eigenvalue weighted by molar-refractivity contribution is 6.45. The lowest BCUT2D eigenvalue weighted by molar-refractivity contribution is -0.143. The molecule has 0 aliphatic heterocycles. The van der Waals surface area contributed by atoms with Crippen LogP contribution < -0.4 is 5.23 Å². The van der Waals surface area contributed by atoms with Crippen LogP contribution in [0.4, 0.5) is 0 Å². The van der Waals surface area contributed by atoms with Crippen LogP contribution in [0.15, 0.2) is 0 Å². The van der Waals surface area contributed by atoms with Crippen molar-refractivity contribution in [3.8, 4) is 0 Å². The Morgan fingerprint density at radius 3 is 2.86 bits per heavy atom. The molecule has 1 rings (SSSR count). The number of carboxylic acids is 1. The van der Waals surface area contributed by atoms with Crippen molar-refractivity contribution in [1.82, 2.24) is 5.23 Å². The molecule has 4 nitrogen and oxygen atoms in total. The van der Waals surface area contributed by atoms with Crippen molar-refractivity contribution in [2.45, 2.75) is 32.5 Å². The number of nitrogens with one attached hydrogen (secondary N) is 1. The normalized spacial score (nSPS) is 27.3. The van der Waals surface area contributed by atoms with Gasteiger partial charge in [0.25, 0.3) is 0 Å². The van der Waals surface area contributed by atoms with Crippen molar-refractivity contribution in [1.29, 1.82) is 0 Å². The Kier molecular flexibility index (Phi) is 4.42. The van der Waals surface area contributed by atoms with Crippen LogP contribution in [-0.4, -0.2) is 29.7 Å². The Labute approximate surface area is 84.8 Å². The lowest BCUT2D eigenvalue weighted by atomic mass is 9.79. The quantitative estimate of drug-likeness (QED) is 0.579. The predicted molar refractivity (Wildman–Crippen MR) is 54.9 cm³/mol. The number of rotatable bonds is 4. The number of aliphatic carboxylic acids is 1. The molecule has 0 heterocycles. The van der Waals surface area contributed by atoms with E-state index in [4.69, 9.17) is 10.1 Å². The second kappa shape index (κ2) is 5.36. The average molecular weight is 199 g/mol. The zero-order valence-electron chi connectivity index (χ0n) is 8.57. The first-order valence-electron chi connectivity index (χ1n) is 5.24. The molecular formula is C9H18BNO3. The van der Waals surface area contributed by atoms with Gasteiger partial charge < -0.3 is 15.4 Å². The predicted octanol–water partition coefficient (Wildman–Crippen LogP) is 0.577. The van der Waals surface area contributed by atoms with Crippen molar-refractivity contribution in [2.24, 2.45) is 11.8 Å². The minimum atomic E-state index is -0.674. The van der Waals surface area contributed by atoms with E-state index in [0.717, 1.165) is 32.2 Å². The number of carboxylic acid groups (broad SMARTS) is 1. The van der Waals surface area contributed by atoms with E-state index in [-0.39, 0.29) is 5.92 Å². The fourth-order valence-electron chi connectivity index (χ4n) is 2.04. The number of carbonyl (C=O) groups is 1. The first-order chi connectivity index (χ1) is 6.59. The summed E-state index contributed by atoms with van der Waals surface area (Å²) in [5.74, 6) is -0.448. The summed E-state index contributed by atoms with van der Waals surface area (Å²) in [6.45, 7) is 2.40.